The van der Waals surface area contributed by atoms with Crippen LogP contribution in [-0.2, 0) is 6.42 Å². The number of aryl methyl sites for hydroxylation is 1. The van der Waals surface area contributed by atoms with Crippen LogP contribution in [0, 0.1) is 0 Å². The number of hydrogen-bond acceptors (Lipinski definition) is 2. The van der Waals surface area contributed by atoms with Gasteiger partial charge in [-0.05, 0) is 42.9 Å². The third-order valence-corrected chi connectivity index (χ3v) is 4.38. The van der Waals surface area contributed by atoms with Gasteiger partial charge >= 0.3 is 0 Å². The molecule has 0 fully saturated rings. The first-order valence-electron chi connectivity index (χ1n) is 7.18. The van der Waals surface area contributed by atoms with Crippen LogP contribution in [-0.4, -0.2) is 12.2 Å². The number of amides is 1. The molecule has 3 heteroatoms. The molecule has 2 rings (SSSR count). The average molecular weight is 299 g/mol. The van der Waals surface area contributed by atoms with Crippen LogP contribution < -0.4 is 5.32 Å². The molecule has 2 nitrogen and oxygen atoms in total. The first kappa shape index (κ1) is 15.6. The van der Waals surface area contributed by atoms with Crippen molar-refractivity contribution in [3.8, 4) is 0 Å². The highest BCUT2D eigenvalue weighted by Crippen LogP contribution is 2.21. The largest absolute Gasteiger partial charge is 0.345 e. The van der Waals surface area contributed by atoms with E-state index in [0.29, 0.717) is 0 Å². The standard InChI is InChI=1S/C18H21NOS/c1-4-14-9-11-15(12-10-14)13(2)19-18(20)16-7-5-6-8-17(16)21-3/h5-13H,4H2,1-3H3,(H,19,20)/t13-/m1/s1. The van der Waals surface area contributed by atoms with Crippen molar-refractivity contribution in [1.29, 1.82) is 0 Å². The monoisotopic (exact) mass is 299 g/mol. The minimum atomic E-state index is -0.0213. The second-order valence-corrected chi connectivity index (χ2v) is 5.84. The summed E-state index contributed by atoms with van der Waals surface area (Å²) in [7, 11) is 0. The number of carbonyl (C=O) groups excluding carboxylic acids is 1. The summed E-state index contributed by atoms with van der Waals surface area (Å²) >= 11 is 1.59. The Morgan fingerprint density at radius 1 is 1.14 bits per heavy atom. The van der Waals surface area contributed by atoms with Gasteiger partial charge in [0.1, 0.15) is 0 Å². The molecule has 1 amide bonds. The van der Waals surface area contributed by atoms with Gasteiger partial charge in [-0.1, -0.05) is 43.3 Å². The van der Waals surface area contributed by atoms with Gasteiger partial charge in [-0.2, -0.15) is 0 Å². The van der Waals surface area contributed by atoms with E-state index in [1.54, 1.807) is 11.8 Å². The maximum atomic E-state index is 12.4. The Kier molecular flexibility index (Phi) is 5.45. The lowest BCUT2D eigenvalue weighted by Gasteiger charge is -2.16. The Hall–Kier alpha value is -1.74. The lowest BCUT2D eigenvalue weighted by atomic mass is 10.0. The fourth-order valence-corrected chi connectivity index (χ4v) is 2.83. The second kappa shape index (κ2) is 7.32. The summed E-state index contributed by atoms with van der Waals surface area (Å²) in [6, 6.07) is 16.1. The van der Waals surface area contributed by atoms with Crippen LogP contribution in [0.3, 0.4) is 0 Å². The maximum Gasteiger partial charge on any atom is 0.252 e. The molecule has 0 spiro atoms. The van der Waals surface area contributed by atoms with Crippen LogP contribution in [0.25, 0.3) is 0 Å². The zero-order valence-electron chi connectivity index (χ0n) is 12.7. The van der Waals surface area contributed by atoms with Crippen molar-refractivity contribution >= 4 is 17.7 Å². The normalized spacial score (nSPS) is 12.0. The summed E-state index contributed by atoms with van der Waals surface area (Å²) in [5, 5.41) is 3.07. The SMILES string of the molecule is CCc1ccc([C@@H](C)NC(=O)c2ccccc2SC)cc1. The molecule has 0 aromatic heterocycles. The molecule has 1 N–H and O–H groups in total. The summed E-state index contributed by atoms with van der Waals surface area (Å²) in [4.78, 5) is 13.4. The van der Waals surface area contributed by atoms with Gasteiger partial charge in [0.05, 0.1) is 11.6 Å². The molecule has 0 bridgehead atoms. The summed E-state index contributed by atoms with van der Waals surface area (Å²) < 4.78 is 0. The average Bonchev–Trinajstić information content (AvgIpc) is 2.54. The molecule has 0 unspecified atom stereocenters. The number of hydrogen-bond donors (Lipinski definition) is 1. The van der Waals surface area contributed by atoms with Crippen LogP contribution in [0.2, 0.25) is 0 Å². The molecule has 0 aliphatic carbocycles. The molecular weight excluding hydrogens is 278 g/mol. The van der Waals surface area contributed by atoms with Gasteiger partial charge in [-0.3, -0.25) is 4.79 Å². The van der Waals surface area contributed by atoms with Crippen molar-refractivity contribution in [3.05, 3.63) is 65.2 Å². The summed E-state index contributed by atoms with van der Waals surface area (Å²) in [5.41, 5.74) is 3.18. The molecule has 0 saturated heterocycles. The van der Waals surface area contributed by atoms with Gasteiger partial charge in [-0.25, -0.2) is 0 Å². The highest BCUT2D eigenvalue weighted by atomic mass is 32.2. The van der Waals surface area contributed by atoms with Crippen LogP contribution in [0.5, 0.6) is 0 Å². The fourth-order valence-electron chi connectivity index (χ4n) is 2.23. The minimum Gasteiger partial charge on any atom is -0.345 e. The van der Waals surface area contributed by atoms with Gasteiger partial charge in [0.25, 0.3) is 5.91 Å². The minimum absolute atomic E-state index is 0.00156. The quantitative estimate of drug-likeness (QED) is 0.826. The first-order valence-corrected chi connectivity index (χ1v) is 8.41. The van der Waals surface area contributed by atoms with Crippen molar-refractivity contribution in [2.75, 3.05) is 6.26 Å². The van der Waals surface area contributed by atoms with E-state index in [9.17, 15) is 4.79 Å². The maximum absolute atomic E-state index is 12.4. The second-order valence-electron chi connectivity index (χ2n) is 4.99. The molecule has 110 valence electrons. The molecule has 2 aromatic rings. The van der Waals surface area contributed by atoms with Crippen LogP contribution in [0.4, 0.5) is 0 Å². The van der Waals surface area contributed by atoms with Crippen molar-refractivity contribution in [2.45, 2.75) is 31.2 Å². The van der Waals surface area contributed by atoms with Gasteiger partial charge in [-0.15, -0.1) is 11.8 Å². The van der Waals surface area contributed by atoms with Crippen LogP contribution in [0.15, 0.2) is 53.4 Å². The highest BCUT2D eigenvalue weighted by molar-refractivity contribution is 7.98. The molecule has 0 heterocycles. The third kappa shape index (κ3) is 3.88. The molecule has 21 heavy (non-hydrogen) atoms. The molecule has 0 aliphatic rings. The van der Waals surface area contributed by atoms with Gasteiger partial charge in [0.15, 0.2) is 0 Å². The highest BCUT2D eigenvalue weighted by Gasteiger charge is 2.14. The number of thioether (sulfide) groups is 1. The predicted octanol–water partition coefficient (Wildman–Crippen LogP) is 4.46. The number of benzene rings is 2. The van der Waals surface area contributed by atoms with E-state index in [1.807, 2.05) is 37.4 Å². The predicted molar refractivity (Wildman–Crippen MR) is 89.9 cm³/mol. The topological polar surface area (TPSA) is 29.1 Å². The third-order valence-electron chi connectivity index (χ3n) is 3.59. The Morgan fingerprint density at radius 2 is 1.81 bits per heavy atom. The summed E-state index contributed by atoms with van der Waals surface area (Å²) in [6.45, 7) is 4.15. The zero-order valence-corrected chi connectivity index (χ0v) is 13.5. The Morgan fingerprint density at radius 3 is 2.43 bits per heavy atom. The van der Waals surface area contributed by atoms with Crippen LogP contribution in [0.1, 0.15) is 41.4 Å². The molecule has 0 radical (unpaired) electrons. The summed E-state index contributed by atoms with van der Waals surface area (Å²) in [6.07, 6.45) is 3.02. The van der Waals surface area contributed by atoms with E-state index >= 15 is 0 Å². The fraction of sp³-hybridized carbons (Fsp3) is 0.278. The van der Waals surface area contributed by atoms with Crippen molar-refractivity contribution in [1.82, 2.24) is 5.32 Å². The van der Waals surface area contributed by atoms with E-state index in [-0.39, 0.29) is 11.9 Å². The van der Waals surface area contributed by atoms with Gasteiger partial charge < -0.3 is 5.32 Å². The smallest absolute Gasteiger partial charge is 0.252 e. The van der Waals surface area contributed by atoms with E-state index < -0.39 is 0 Å². The lowest BCUT2D eigenvalue weighted by Crippen LogP contribution is -2.27. The Bertz CT molecular complexity index is 607. The number of rotatable bonds is 5. The molecule has 0 aliphatic heterocycles. The zero-order chi connectivity index (χ0) is 15.2. The summed E-state index contributed by atoms with van der Waals surface area (Å²) in [5.74, 6) is -0.0213. The Balaban J connectivity index is 2.11. The van der Waals surface area contributed by atoms with Gasteiger partial charge in [0, 0.05) is 4.90 Å². The molecule has 0 saturated carbocycles. The van der Waals surface area contributed by atoms with E-state index in [4.69, 9.17) is 0 Å². The van der Waals surface area contributed by atoms with E-state index in [0.717, 1.165) is 22.4 Å². The van der Waals surface area contributed by atoms with Crippen LogP contribution >= 0.6 is 11.8 Å². The van der Waals surface area contributed by atoms with Crippen molar-refractivity contribution in [3.63, 3.8) is 0 Å². The lowest BCUT2D eigenvalue weighted by molar-refractivity contribution is 0.0937. The molecular formula is C18H21NOS. The van der Waals surface area contributed by atoms with Crippen molar-refractivity contribution in [2.24, 2.45) is 0 Å². The van der Waals surface area contributed by atoms with E-state index in [1.165, 1.54) is 5.56 Å². The molecule has 1 atom stereocenters. The first-order chi connectivity index (χ1) is 10.2. The van der Waals surface area contributed by atoms with Gasteiger partial charge in [0.2, 0.25) is 0 Å². The van der Waals surface area contributed by atoms with E-state index in [2.05, 4.69) is 36.5 Å². The molecule has 2 aromatic carbocycles. The van der Waals surface area contributed by atoms with Crippen molar-refractivity contribution < 1.29 is 4.79 Å². The Labute approximate surface area is 131 Å². The number of carbonyl (C=O) groups is 1. The number of nitrogens with one attached hydrogen (secondary N) is 1.